The van der Waals surface area contributed by atoms with E-state index in [2.05, 4.69) is 52.0 Å². The molecule has 31 heavy (non-hydrogen) atoms. The highest BCUT2D eigenvalue weighted by molar-refractivity contribution is 7.80. The number of aromatic nitrogens is 4. The first-order valence-corrected chi connectivity index (χ1v) is 10.6. The van der Waals surface area contributed by atoms with Crippen molar-refractivity contribution < 1.29 is 0 Å². The third-order valence-electron chi connectivity index (χ3n) is 5.28. The second-order valence-electron chi connectivity index (χ2n) is 7.62. The third-order valence-corrected chi connectivity index (χ3v) is 5.48. The molecule has 2 aromatic heterocycles. The molecule has 7 heteroatoms. The van der Waals surface area contributed by atoms with Gasteiger partial charge in [0.05, 0.1) is 42.0 Å². The zero-order valence-electron chi connectivity index (χ0n) is 18.0. The highest BCUT2D eigenvalue weighted by Crippen LogP contribution is 2.21. The maximum Gasteiger partial charge on any atom is 0.175 e. The predicted octanol–water partition coefficient (Wildman–Crippen LogP) is 4.91. The maximum absolute atomic E-state index is 5.54. The lowest BCUT2D eigenvalue weighted by Crippen LogP contribution is -2.19. The lowest BCUT2D eigenvalue weighted by Gasteiger charge is -2.10. The topological polar surface area (TPSA) is 59.7 Å². The van der Waals surface area contributed by atoms with Gasteiger partial charge in [-0.15, -0.1) is 0 Å². The van der Waals surface area contributed by atoms with Crippen LogP contribution in [0.15, 0.2) is 67.0 Å². The fraction of sp³-hybridized carbons (Fsp3) is 0.208. The molecule has 0 saturated heterocycles. The Balaban J connectivity index is 1.40. The molecule has 2 N–H and O–H groups in total. The highest BCUT2D eigenvalue weighted by atomic mass is 32.1. The van der Waals surface area contributed by atoms with Gasteiger partial charge < -0.3 is 10.6 Å². The van der Waals surface area contributed by atoms with Crippen LogP contribution in [-0.4, -0.2) is 24.7 Å². The Morgan fingerprint density at radius 3 is 2.45 bits per heavy atom. The summed E-state index contributed by atoms with van der Waals surface area (Å²) in [5.41, 5.74) is 7.44. The number of benzene rings is 2. The molecule has 0 fully saturated rings. The van der Waals surface area contributed by atoms with Gasteiger partial charge in [0.2, 0.25) is 0 Å². The molecule has 0 saturated carbocycles. The fourth-order valence-corrected chi connectivity index (χ4v) is 3.76. The molecule has 0 atom stereocenters. The molecule has 0 aliphatic carbocycles. The van der Waals surface area contributed by atoms with Crippen LogP contribution in [0.2, 0.25) is 0 Å². The van der Waals surface area contributed by atoms with Crippen LogP contribution in [0.5, 0.6) is 0 Å². The lowest BCUT2D eigenvalue weighted by molar-refractivity contribution is 0.659. The summed E-state index contributed by atoms with van der Waals surface area (Å²) in [6.45, 7) is 7.59. The van der Waals surface area contributed by atoms with E-state index in [4.69, 9.17) is 12.2 Å². The van der Waals surface area contributed by atoms with E-state index in [0.717, 1.165) is 35.9 Å². The van der Waals surface area contributed by atoms with Crippen molar-refractivity contribution in [1.82, 2.24) is 19.6 Å². The molecule has 2 aromatic carbocycles. The number of thiocarbonyl (C=S) groups is 1. The Labute approximate surface area is 187 Å². The van der Waals surface area contributed by atoms with E-state index in [-0.39, 0.29) is 0 Å². The van der Waals surface area contributed by atoms with E-state index in [1.165, 1.54) is 16.7 Å². The minimum atomic E-state index is 0.515. The zero-order chi connectivity index (χ0) is 21.8. The minimum Gasteiger partial charge on any atom is -0.330 e. The Bertz CT molecular complexity index is 1190. The van der Waals surface area contributed by atoms with Crippen LogP contribution in [-0.2, 0) is 13.1 Å². The van der Waals surface area contributed by atoms with Gasteiger partial charge in [-0.2, -0.15) is 10.2 Å². The molecule has 2 heterocycles. The molecule has 6 nitrogen and oxygen atoms in total. The third kappa shape index (κ3) is 5.00. The summed E-state index contributed by atoms with van der Waals surface area (Å²) < 4.78 is 3.90. The molecule has 0 unspecified atom stereocenters. The molecular weight excluding hydrogens is 404 g/mol. The number of nitrogens with one attached hydrogen (secondary N) is 2. The number of rotatable bonds is 6. The summed E-state index contributed by atoms with van der Waals surface area (Å²) in [4.78, 5) is 0. The molecule has 4 rings (SSSR count). The van der Waals surface area contributed by atoms with E-state index in [1.54, 1.807) is 6.20 Å². The SMILES string of the molecule is Cc1ccccc1Cn1cc(NC(=S)Nc2c(C)nn(Cc3ccccc3)c2C)cn1. The van der Waals surface area contributed by atoms with Crippen LogP contribution in [0.25, 0.3) is 0 Å². The first-order chi connectivity index (χ1) is 15.0. The van der Waals surface area contributed by atoms with Crippen molar-refractivity contribution in [2.45, 2.75) is 33.9 Å². The first kappa shape index (κ1) is 20.8. The van der Waals surface area contributed by atoms with E-state index >= 15 is 0 Å². The molecule has 0 radical (unpaired) electrons. The number of hydrogen-bond acceptors (Lipinski definition) is 3. The van der Waals surface area contributed by atoms with Crippen molar-refractivity contribution in [3.63, 3.8) is 0 Å². The van der Waals surface area contributed by atoms with E-state index in [9.17, 15) is 0 Å². The standard InChI is InChI=1S/C24H26N6S/c1-17-9-7-8-12-21(17)15-29-16-22(13-25-29)26-24(31)27-23-18(2)28-30(19(23)3)14-20-10-5-4-6-11-20/h4-13,16H,14-15H2,1-3H3,(H2,26,27,31). The van der Waals surface area contributed by atoms with Crippen molar-refractivity contribution in [3.8, 4) is 0 Å². The van der Waals surface area contributed by atoms with Crippen LogP contribution in [0.3, 0.4) is 0 Å². The maximum atomic E-state index is 5.54. The van der Waals surface area contributed by atoms with Gasteiger partial charge in [0.1, 0.15) is 0 Å². The number of nitrogens with zero attached hydrogens (tertiary/aromatic N) is 4. The predicted molar refractivity (Wildman–Crippen MR) is 130 cm³/mol. The second kappa shape index (κ2) is 9.14. The van der Waals surface area contributed by atoms with Gasteiger partial charge in [-0.25, -0.2) is 0 Å². The number of anilines is 2. The van der Waals surface area contributed by atoms with Gasteiger partial charge in [0.25, 0.3) is 0 Å². The molecule has 0 aliphatic rings. The van der Waals surface area contributed by atoms with Crippen LogP contribution in [0.1, 0.15) is 28.1 Å². The van der Waals surface area contributed by atoms with Gasteiger partial charge >= 0.3 is 0 Å². The quantitative estimate of drug-likeness (QED) is 0.426. The van der Waals surface area contributed by atoms with Gasteiger partial charge in [0.15, 0.2) is 5.11 Å². The van der Waals surface area contributed by atoms with Crippen molar-refractivity contribution >= 4 is 28.7 Å². The Kier molecular flexibility index (Phi) is 6.13. The smallest absolute Gasteiger partial charge is 0.175 e. The summed E-state index contributed by atoms with van der Waals surface area (Å²) in [5, 5.41) is 16.2. The summed E-state index contributed by atoms with van der Waals surface area (Å²) in [6.07, 6.45) is 3.74. The van der Waals surface area contributed by atoms with Crippen LogP contribution in [0.4, 0.5) is 11.4 Å². The Hall–Kier alpha value is -3.45. The average Bonchev–Trinajstić information content (AvgIpc) is 3.29. The van der Waals surface area contributed by atoms with E-state index in [0.29, 0.717) is 5.11 Å². The van der Waals surface area contributed by atoms with Crippen molar-refractivity contribution in [1.29, 1.82) is 0 Å². The summed E-state index contributed by atoms with van der Waals surface area (Å²) in [7, 11) is 0. The average molecular weight is 431 g/mol. The molecular formula is C24H26N6S. The van der Waals surface area contributed by atoms with Crippen LogP contribution >= 0.6 is 12.2 Å². The zero-order valence-corrected chi connectivity index (χ0v) is 18.8. The minimum absolute atomic E-state index is 0.515. The first-order valence-electron chi connectivity index (χ1n) is 10.2. The summed E-state index contributed by atoms with van der Waals surface area (Å²) in [5.74, 6) is 0. The molecule has 0 amide bonds. The Morgan fingerprint density at radius 1 is 0.935 bits per heavy atom. The molecule has 4 aromatic rings. The van der Waals surface area contributed by atoms with Crippen LogP contribution in [0, 0.1) is 20.8 Å². The lowest BCUT2D eigenvalue weighted by atomic mass is 10.1. The van der Waals surface area contributed by atoms with E-state index < -0.39 is 0 Å². The van der Waals surface area contributed by atoms with Gasteiger partial charge in [-0.05, 0) is 49.7 Å². The van der Waals surface area contributed by atoms with Crippen LogP contribution < -0.4 is 10.6 Å². The molecule has 0 bridgehead atoms. The van der Waals surface area contributed by atoms with Gasteiger partial charge in [0, 0.05) is 6.20 Å². The molecule has 0 aliphatic heterocycles. The molecule has 158 valence electrons. The molecule has 0 spiro atoms. The number of aryl methyl sites for hydroxylation is 2. The van der Waals surface area contributed by atoms with Gasteiger partial charge in [-0.1, -0.05) is 54.6 Å². The van der Waals surface area contributed by atoms with E-state index in [1.807, 2.05) is 59.7 Å². The normalized spacial score (nSPS) is 10.8. The van der Waals surface area contributed by atoms with Crippen molar-refractivity contribution in [2.75, 3.05) is 10.6 Å². The van der Waals surface area contributed by atoms with Gasteiger partial charge in [-0.3, -0.25) is 9.36 Å². The van der Waals surface area contributed by atoms with Crippen molar-refractivity contribution in [3.05, 3.63) is 95.1 Å². The largest absolute Gasteiger partial charge is 0.330 e. The van der Waals surface area contributed by atoms with Crippen molar-refractivity contribution in [2.24, 2.45) is 0 Å². The second-order valence-corrected chi connectivity index (χ2v) is 8.03. The number of hydrogen-bond donors (Lipinski definition) is 2. The summed E-state index contributed by atoms with van der Waals surface area (Å²) >= 11 is 5.54. The highest BCUT2D eigenvalue weighted by Gasteiger charge is 2.13. The Morgan fingerprint density at radius 2 is 1.68 bits per heavy atom. The monoisotopic (exact) mass is 430 g/mol. The fourth-order valence-electron chi connectivity index (χ4n) is 3.54. The summed E-state index contributed by atoms with van der Waals surface area (Å²) in [6, 6.07) is 18.6.